The molecule has 0 aromatic heterocycles. The highest BCUT2D eigenvalue weighted by molar-refractivity contribution is 7.89. The van der Waals surface area contributed by atoms with E-state index in [0.29, 0.717) is 38.1 Å². The molecule has 7 heteroatoms. The molecular weight excluding hydrogens is 412 g/mol. The number of hydrogen-bond acceptors (Lipinski definition) is 4. The third-order valence-corrected chi connectivity index (χ3v) is 7.53. The molecule has 6 nitrogen and oxygen atoms in total. The van der Waals surface area contributed by atoms with Crippen molar-refractivity contribution in [2.75, 3.05) is 20.2 Å². The van der Waals surface area contributed by atoms with Gasteiger partial charge >= 0.3 is 0 Å². The lowest BCUT2D eigenvalue weighted by atomic mass is 10.0. The van der Waals surface area contributed by atoms with Crippen LogP contribution in [0.2, 0.25) is 0 Å². The van der Waals surface area contributed by atoms with Gasteiger partial charge in [-0.15, -0.1) is 0 Å². The molecule has 1 aliphatic rings. The zero-order valence-electron chi connectivity index (χ0n) is 18.8. The molecule has 3 rings (SSSR count). The van der Waals surface area contributed by atoms with Crippen LogP contribution in [0.25, 0.3) is 0 Å². The maximum Gasteiger partial charge on any atom is 0.244 e. The molecule has 0 unspecified atom stereocenters. The second kappa shape index (κ2) is 9.83. The van der Waals surface area contributed by atoms with Crippen LogP contribution in [0.4, 0.5) is 0 Å². The van der Waals surface area contributed by atoms with Crippen LogP contribution in [0.1, 0.15) is 41.5 Å². The first-order valence-corrected chi connectivity index (χ1v) is 12.2. The van der Waals surface area contributed by atoms with Gasteiger partial charge < -0.3 is 9.64 Å². The van der Waals surface area contributed by atoms with Crippen LogP contribution >= 0.6 is 0 Å². The number of aryl methyl sites for hydroxylation is 4. The molecule has 1 amide bonds. The number of benzene rings is 2. The molecule has 1 fully saturated rings. The standard InChI is InChI=1S/C24H32N2O4S/c1-17-5-7-20(8-6-17)9-10-24(27)26-13-11-21(12-14-26)25-31(28,29)23-16-19(3)18(2)15-22(23)30-4/h5-8,15-16,21,25H,9-14H2,1-4H3. The van der Waals surface area contributed by atoms with Gasteiger partial charge in [-0.05, 0) is 68.9 Å². The Morgan fingerprint density at radius 3 is 2.29 bits per heavy atom. The van der Waals surface area contributed by atoms with Gasteiger partial charge in [-0.2, -0.15) is 0 Å². The fourth-order valence-corrected chi connectivity index (χ4v) is 5.37. The lowest BCUT2D eigenvalue weighted by Crippen LogP contribution is -2.46. The monoisotopic (exact) mass is 444 g/mol. The van der Waals surface area contributed by atoms with Crippen LogP contribution < -0.4 is 9.46 Å². The minimum absolute atomic E-state index is 0.123. The maximum atomic E-state index is 13.0. The molecule has 0 radical (unpaired) electrons. The van der Waals surface area contributed by atoms with Gasteiger partial charge in [0.1, 0.15) is 10.6 Å². The Bertz CT molecular complexity index is 1020. The highest BCUT2D eigenvalue weighted by Gasteiger charge is 2.28. The van der Waals surface area contributed by atoms with Gasteiger partial charge in [0.25, 0.3) is 0 Å². The number of hydrogen-bond donors (Lipinski definition) is 1. The number of carbonyl (C=O) groups excluding carboxylic acids is 1. The summed E-state index contributed by atoms with van der Waals surface area (Å²) in [6, 6.07) is 11.4. The molecule has 2 aromatic rings. The van der Waals surface area contributed by atoms with E-state index in [0.717, 1.165) is 23.1 Å². The minimum Gasteiger partial charge on any atom is -0.495 e. The summed E-state index contributed by atoms with van der Waals surface area (Å²) in [6.45, 7) is 6.97. The van der Waals surface area contributed by atoms with E-state index in [9.17, 15) is 13.2 Å². The molecule has 1 aliphatic heterocycles. The molecule has 0 aliphatic carbocycles. The summed E-state index contributed by atoms with van der Waals surface area (Å²) >= 11 is 0. The first kappa shape index (κ1) is 23.3. The van der Waals surface area contributed by atoms with Crippen molar-refractivity contribution >= 4 is 15.9 Å². The number of rotatable bonds is 7. The number of carbonyl (C=O) groups is 1. The number of nitrogens with one attached hydrogen (secondary N) is 1. The normalized spacial score (nSPS) is 15.2. The van der Waals surface area contributed by atoms with E-state index in [2.05, 4.69) is 29.0 Å². The van der Waals surface area contributed by atoms with E-state index in [-0.39, 0.29) is 16.8 Å². The number of amides is 1. The quantitative estimate of drug-likeness (QED) is 0.709. The number of sulfonamides is 1. The highest BCUT2D eigenvalue weighted by Crippen LogP contribution is 2.28. The van der Waals surface area contributed by atoms with Crippen LogP contribution in [-0.2, 0) is 21.2 Å². The van der Waals surface area contributed by atoms with Crippen molar-refractivity contribution in [3.63, 3.8) is 0 Å². The van der Waals surface area contributed by atoms with E-state index in [1.807, 2.05) is 25.7 Å². The molecule has 168 valence electrons. The predicted molar refractivity (Wildman–Crippen MR) is 122 cm³/mol. The fourth-order valence-electron chi connectivity index (χ4n) is 3.83. The highest BCUT2D eigenvalue weighted by atomic mass is 32.2. The second-order valence-corrected chi connectivity index (χ2v) is 10.0. The Morgan fingerprint density at radius 2 is 1.68 bits per heavy atom. The first-order valence-electron chi connectivity index (χ1n) is 10.7. The van der Waals surface area contributed by atoms with E-state index >= 15 is 0 Å². The topological polar surface area (TPSA) is 75.7 Å². The summed E-state index contributed by atoms with van der Waals surface area (Å²) in [5, 5.41) is 0. The van der Waals surface area contributed by atoms with Crippen LogP contribution in [0.5, 0.6) is 5.75 Å². The van der Waals surface area contributed by atoms with Crippen molar-refractivity contribution in [2.45, 2.75) is 57.4 Å². The minimum atomic E-state index is -3.71. The molecule has 0 bridgehead atoms. The van der Waals surface area contributed by atoms with Crippen molar-refractivity contribution in [1.82, 2.24) is 9.62 Å². The van der Waals surface area contributed by atoms with Gasteiger partial charge in [-0.1, -0.05) is 29.8 Å². The second-order valence-electron chi connectivity index (χ2n) is 8.35. The van der Waals surface area contributed by atoms with Crippen molar-refractivity contribution in [2.24, 2.45) is 0 Å². The number of methoxy groups -OCH3 is 1. The number of likely N-dealkylation sites (tertiary alicyclic amines) is 1. The lowest BCUT2D eigenvalue weighted by molar-refractivity contribution is -0.132. The third-order valence-electron chi connectivity index (χ3n) is 5.99. The molecule has 0 saturated carbocycles. The Balaban J connectivity index is 1.55. The lowest BCUT2D eigenvalue weighted by Gasteiger charge is -2.32. The van der Waals surface area contributed by atoms with Gasteiger partial charge in [-0.3, -0.25) is 4.79 Å². The summed E-state index contributed by atoms with van der Waals surface area (Å²) in [5.74, 6) is 0.469. The van der Waals surface area contributed by atoms with Crippen molar-refractivity contribution in [1.29, 1.82) is 0 Å². The number of piperidine rings is 1. The van der Waals surface area contributed by atoms with Crippen LogP contribution in [0.15, 0.2) is 41.3 Å². The van der Waals surface area contributed by atoms with Crippen LogP contribution in [0, 0.1) is 20.8 Å². The Labute approximate surface area is 185 Å². The maximum absolute atomic E-state index is 13.0. The van der Waals surface area contributed by atoms with Gasteiger partial charge in [-0.25, -0.2) is 13.1 Å². The average molecular weight is 445 g/mol. The largest absolute Gasteiger partial charge is 0.495 e. The van der Waals surface area contributed by atoms with E-state index in [4.69, 9.17) is 4.74 Å². The average Bonchev–Trinajstić information content (AvgIpc) is 2.75. The Morgan fingerprint density at radius 1 is 1.06 bits per heavy atom. The molecule has 31 heavy (non-hydrogen) atoms. The molecule has 2 aromatic carbocycles. The third kappa shape index (κ3) is 5.86. The van der Waals surface area contributed by atoms with Crippen LogP contribution in [-0.4, -0.2) is 45.5 Å². The molecule has 1 N–H and O–H groups in total. The Hall–Kier alpha value is -2.38. The smallest absolute Gasteiger partial charge is 0.244 e. The van der Waals surface area contributed by atoms with Crippen LogP contribution in [0.3, 0.4) is 0 Å². The van der Waals surface area contributed by atoms with Gasteiger partial charge in [0.15, 0.2) is 0 Å². The van der Waals surface area contributed by atoms with E-state index in [1.54, 1.807) is 12.1 Å². The summed E-state index contributed by atoms with van der Waals surface area (Å²) in [5.41, 5.74) is 4.24. The van der Waals surface area contributed by atoms with Crippen molar-refractivity contribution in [3.05, 3.63) is 58.7 Å². The van der Waals surface area contributed by atoms with Crippen molar-refractivity contribution < 1.29 is 17.9 Å². The summed E-state index contributed by atoms with van der Waals surface area (Å²) in [6.07, 6.45) is 2.39. The molecule has 1 heterocycles. The molecule has 0 spiro atoms. The number of ether oxygens (including phenoxy) is 1. The molecule has 1 saturated heterocycles. The zero-order chi connectivity index (χ0) is 22.6. The summed E-state index contributed by atoms with van der Waals surface area (Å²) in [4.78, 5) is 14.6. The Kier molecular flexibility index (Phi) is 7.38. The SMILES string of the molecule is COc1cc(C)c(C)cc1S(=O)(=O)NC1CCN(C(=O)CCc2ccc(C)cc2)CC1. The summed E-state index contributed by atoms with van der Waals surface area (Å²) < 4.78 is 34.1. The summed E-state index contributed by atoms with van der Waals surface area (Å²) in [7, 11) is -2.23. The van der Waals surface area contributed by atoms with E-state index < -0.39 is 10.0 Å². The van der Waals surface area contributed by atoms with E-state index in [1.165, 1.54) is 12.7 Å². The predicted octanol–water partition coefficient (Wildman–Crippen LogP) is 3.52. The van der Waals surface area contributed by atoms with Gasteiger partial charge in [0.2, 0.25) is 15.9 Å². The van der Waals surface area contributed by atoms with Gasteiger partial charge in [0, 0.05) is 25.6 Å². The molecule has 0 atom stereocenters. The molecular formula is C24H32N2O4S. The van der Waals surface area contributed by atoms with Crippen molar-refractivity contribution in [3.8, 4) is 5.75 Å². The zero-order valence-corrected chi connectivity index (χ0v) is 19.6. The first-order chi connectivity index (χ1) is 14.7. The fraction of sp³-hybridized carbons (Fsp3) is 0.458. The van der Waals surface area contributed by atoms with Gasteiger partial charge in [0.05, 0.1) is 7.11 Å². The number of nitrogens with zero attached hydrogens (tertiary/aromatic N) is 1.